The summed E-state index contributed by atoms with van der Waals surface area (Å²) in [7, 11) is 2.13. The molecule has 1 heterocycles. The van der Waals surface area contributed by atoms with Gasteiger partial charge in [0.25, 0.3) is 0 Å². The van der Waals surface area contributed by atoms with Gasteiger partial charge in [0, 0.05) is 9.75 Å². The minimum Gasteiger partial charge on any atom is -0.135 e. The van der Waals surface area contributed by atoms with Crippen LogP contribution in [-0.2, 0) is 0 Å². The SMILES string of the molecule is Bc1ccc(-c2ccc(C3=CCCC=C3)s2)cc1. The molecule has 0 aliphatic heterocycles. The molecule has 1 aliphatic carbocycles. The monoisotopic (exact) mass is 250 g/mol. The van der Waals surface area contributed by atoms with Gasteiger partial charge in [-0.25, -0.2) is 0 Å². The average molecular weight is 250 g/mol. The first-order chi connectivity index (χ1) is 8.83. The molecule has 0 bridgehead atoms. The van der Waals surface area contributed by atoms with E-state index >= 15 is 0 Å². The lowest BCUT2D eigenvalue weighted by Crippen LogP contribution is -1.98. The van der Waals surface area contributed by atoms with E-state index in [1.807, 2.05) is 11.3 Å². The number of hydrogen-bond donors (Lipinski definition) is 0. The zero-order valence-electron chi connectivity index (χ0n) is 10.5. The summed E-state index contributed by atoms with van der Waals surface area (Å²) in [6.07, 6.45) is 9.20. The maximum atomic E-state index is 2.34. The molecular weight excluding hydrogens is 235 g/mol. The van der Waals surface area contributed by atoms with Gasteiger partial charge in [0.05, 0.1) is 0 Å². The Balaban J connectivity index is 1.91. The Bertz CT molecular complexity index is 602. The van der Waals surface area contributed by atoms with E-state index in [4.69, 9.17) is 0 Å². The van der Waals surface area contributed by atoms with E-state index in [-0.39, 0.29) is 0 Å². The third kappa shape index (κ3) is 2.34. The molecule has 1 aromatic carbocycles. The normalized spacial score (nSPS) is 14.6. The van der Waals surface area contributed by atoms with Crippen LogP contribution in [0.2, 0.25) is 0 Å². The van der Waals surface area contributed by atoms with Gasteiger partial charge in [0.15, 0.2) is 0 Å². The van der Waals surface area contributed by atoms with Gasteiger partial charge in [0.2, 0.25) is 0 Å². The summed E-state index contributed by atoms with van der Waals surface area (Å²) in [6.45, 7) is 0. The molecule has 18 heavy (non-hydrogen) atoms. The Morgan fingerprint density at radius 2 is 1.67 bits per heavy atom. The quantitative estimate of drug-likeness (QED) is 0.716. The Hall–Kier alpha value is -1.54. The van der Waals surface area contributed by atoms with Crippen molar-refractivity contribution >= 4 is 30.2 Å². The molecule has 0 radical (unpaired) electrons. The Morgan fingerprint density at radius 3 is 2.39 bits per heavy atom. The van der Waals surface area contributed by atoms with Crippen LogP contribution in [0.4, 0.5) is 0 Å². The van der Waals surface area contributed by atoms with Crippen molar-refractivity contribution in [1.29, 1.82) is 0 Å². The molecule has 0 saturated heterocycles. The molecule has 1 aliphatic rings. The van der Waals surface area contributed by atoms with E-state index < -0.39 is 0 Å². The molecule has 0 spiro atoms. The van der Waals surface area contributed by atoms with E-state index in [1.165, 1.54) is 39.2 Å². The van der Waals surface area contributed by atoms with Gasteiger partial charge in [-0.15, -0.1) is 11.3 Å². The van der Waals surface area contributed by atoms with Crippen LogP contribution < -0.4 is 5.46 Å². The number of thiophene rings is 1. The van der Waals surface area contributed by atoms with Crippen molar-refractivity contribution in [3.8, 4) is 10.4 Å². The fourth-order valence-electron chi connectivity index (χ4n) is 2.16. The van der Waals surface area contributed by atoms with Crippen molar-refractivity contribution in [3.05, 3.63) is 59.5 Å². The molecule has 1 aromatic heterocycles. The lowest BCUT2D eigenvalue weighted by molar-refractivity contribution is 1.04. The van der Waals surface area contributed by atoms with E-state index in [1.54, 1.807) is 0 Å². The van der Waals surface area contributed by atoms with Crippen LogP contribution in [0, 0.1) is 0 Å². The third-order valence-electron chi connectivity index (χ3n) is 3.22. The summed E-state index contributed by atoms with van der Waals surface area (Å²) in [5, 5.41) is 0. The van der Waals surface area contributed by atoms with Crippen LogP contribution in [0.5, 0.6) is 0 Å². The lowest BCUT2D eigenvalue weighted by atomic mass is 9.95. The van der Waals surface area contributed by atoms with Crippen molar-refractivity contribution in [3.63, 3.8) is 0 Å². The zero-order chi connectivity index (χ0) is 12.4. The first-order valence-corrected chi connectivity index (χ1v) is 7.18. The number of rotatable bonds is 2. The Kier molecular flexibility index (Phi) is 3.20. The van der Waals surface area contributed by atoms with Crippen LogP contribution in [0.25, 0.3) is 16.0 Å². The van der Waals surface area contributed by atoms with Gasteiger partial charge in [-0.05, 0) is 36.1 Å². The fourth-order valence-corrected chi connectivity index (χ4v) is 3.19. The topological polar surface area (TPSA) is 0 Å². The maximum absolute atomic E-state index is 2.34. The highest BCUT2D eigenvalue weighted by molar-refractivity contribution is 7.16. The van der Waals surface area contributed by atoms with Gasteiger partial charge in [0.1, 0.15) is 7.85 Å². The molecule has 0 saturated carbocycles. The van der Waals surface area contributed by atoms with Crippen LogP contribution >= 0.6 is 11.3 Å². The van der Waals surface area contributed by atoms with Crippen molar-refractivity contribution in [1.82, 2.24) is 0 Å². The van der Waals surface area contributed by atoms with E-state index in [0.29, 0.717) is 0 Å². The zero-order valence-corrected chi connectivity index (χ0v) is 11.3. The van der Waals surface area contributed by atoms with Crippen molar-refractivity contribution < 1.29 is 0 Å². The van der Waals surface area contributed by atoms with Gasteiger partial charge < -0.3 is 0 Å². The molecule has 88 valence electrons. The molecule has 2 aromatic rings. The molecule has 0 nitrogen and oxygen atoms in total. The van der Waals surface area contributed by atoms with E-state index in [2.05, 4.69) is 62.5 Å². The van der Waals surface area contributed by atoms with Crippen molar-refractivity contribution in [2.45, 2.75) is 12.8 Å². The molecule has 2 heteroatoms. The number of allylic oxidation sites excluding steroid dienone is 4. The standard InChI is InChI=1S/C16H15BS/c17-14-8-6-13(7-9-14)16-11-10-15(18-16)12-4-2-1-3-5-12/h2,4-11H,1,3,17H2. The molecule has 3 rings (SSSR count). The van der Waals surface area contributed by atoms with Crippen LogP contribution in [-0.4, -0.2) is 7.85 Å². The molecule has 0 N–H and O–H groups in total. The number of benzene rings is 1. The van der Waals surface area contributed by atoms with Gasteiger partial charge in [-0.2, -0.15) is 0 Å². The predicted molar refractivity (Wildman–Crippen MR) is 84.3 cm³/mol. The highest BCUT2D eigenvalue weighted by atomic mass is 32.1. The highest BCUT2D eigenvalue weighted by Gasteiger charge is 2.06. The summed E-state index contributed by atoms with van der Waals surface area (Å²) in [6, 6.07) is 13.2. The molecule has 0 fully saturated rings. The second-order valence-corrected chi connectivity index (χ2v) is 5.75. The first-order valence-electron chi connectivity index (χ1n) is 6.37. The third-order valence-corrected chi connectivity index (χ3v) is 4.40. The minimum absolute atomic E-state index is 1.17. The second kappa shape index (κ2) is 4.99. The van der Waals surface area contributed by atoms with Crippen molar-refractivity contribution in [2.24, 2.45) is 0 Å². The van der Waals surface area contributed by atoms with E-state index in [9.17, 15) is 0 Å². The molecule has 0 unspecified atom stereocenters. The smallest absolute Gasteiger partial charge is 0.135 e. The molecule has 0 atom stereocenters. The second-order valence-electron chi connectivity index (χ2n) is 4.67. The van der Waals surface area contributed by atoms with Gasteiger partial charge in [-0.1, -0.05) is 48.0 Å². The minimum atomic E-state index is 1.17. The van der Waals surface area contributed by atoms with Gasteiger partial charge in [-0.3, -0.25) is 0 Å². The lowest BCUT2D eigenvalue weighted by Gasteiger charge is -2.03. The van der Waals surface area contributed by atoms with Crippen molar-refractivity contribution in [2.75, 3.05) is 0 Å². The maximum Gasteiger partial charge on any atom is 0.139 e. The first kappa shape index (κ1) is 11.5. The largest absolute Gasteiger partial charge is 0.139 e. The van der Waals surface area contributed by atoms with E-state index in [0.717, 1.165) is 0 Å². The summed E-state index contributed by atoms with van der Waals surface area (Å²) in [4.78, 5) is 2.73. The fraction of sp³-hybridized carbons (Fsp3) is 0.125. The van der Waals surface area contributed by atoms with Crippen LogP contribution in [0.3, 0.4) is 0 Å². The van der Waals surface area contributed by atoms with Gasteiger partial charge >= 0.3 is 0 Å². The van der Waals surface area contributed by atoms with Crippen LogP contribution in [0.15, 0.2) is 54.6 Å². The summed E-state index contributed by atoms with van der Waals surface area (Å²) in [5.41, 5.74) is 4.01. The number of hydrogen-bond acceptors (Lipinski definition) is 1. The highest BCUT2D eigenvalue weighted by Crippen LogP contribution is 2.33. The molecular formula is C16H15BS. The Morgan fingerprint density at radius 1 is 0.889 bits per heavy atom. The Labute approximate surface area is 113 Å². The molecule has 0 amide bonds. The summed E-state index contributed by atoms with van der Waals surface area (Å²) < 4.78 is 0. The summed E-state index contributed by atoms with van der Waals surface area (Å²) in [5.74, 6) is 0. The predicted octanol–water partition coefficient (Wildman–Crippen LogP) is 3.41. The average Bonchev–Trinajstić information content (AvgIpc) is 2.90. The summed E-state index contributed by atoms with van der Waals surface area (Å²) >= 11 is 1.88. The van der Waals surface area contributed by atoms with Crippen LogP contribution in [0.1, 0.15) is 17.7 Å².